The van der Waals surface area contributed by atoms with Crippen LogP contribution >= 0.6 is 0 Å². The average Bonchev–Trinajstić information content (AvgIpc) is 2.49. The van der Waals surface area contributed by atoms with Gasteiger partial charge in [0.1, 0.15) is 5.41 Å². The van der Waals surface area contributed by atoms with Gasteiger partial charge in [-0.25, -0.2) is 0 Å². The zero-order chi connectivity index (χ0) is 15.9. The summed E-state index contributed by atoms with van der Waals surface area (Å²) in [5, 5.41) is 2.85. The van der Waals surface area contributed by atoms with Crippen LogP contribution in [0.1, 0.15) is 40.5 Å². The zero-order valence-corrected chi connectivity index (χ0v) is 13.5. The van der Waals surface area contributed by atoms with Crippen LogP contribution in [0.5, 0.6) is 0 Å². The lowest BCUT2D eigenvalue weighted by atomic mass is 9.90. The van der Waals surface area contributed by atoms with Crippen molar-refractivity contribution in [2.45, 2.75) is 40.5 Å². The number of rotatable bonds is 7. The molecule has 0 aliphatic heterocycles. The van der Waals surface area contributed by atoms with Crippen molar-refractivity contribution in [1.82, 2.24) is 5.32 Å². The van der Waals surface area contributed by atoms with Crippen LogP contribution in [0.25, 0.3) is 0 Å². The van der Waals surface area contributed by atoms with Crippen LogP contribution in [0.3, 0.4) is 0 Å². The minimum Gasteiger partial charge on any atom is -0.355 e. The average molecular weight is 290 g/mol. The van der Waals surface area contributed by atoms with Gasteiger partial charge < -0.3 is 10.2 Å². The molecule has 0 atom stereocenters. The minimum absolute atomic E-state index is 0.176. The Morgan fingerprint density at radius 2 is 1.76 bits per heavy atom. The van der Waals surface area contributed by atoms with Gasteiger partial charge in [-0.3, -0.25) is 9.59 Å². The highest BCUT2D eigenvalue weighted by Crippen LogP contribution is 2.24. The third-order valence-electron chi connectivity index (χ3n) is 3.55. The molecule has 2 amide bonds. The molecule has 1 rings (SSSR count). The van der Waals surface area contributed by atoms with Crippen LogP contribution < -0.4 is 10.2 Å². The third kappa shape index (κ3) is 4.31. The Morgan fingerprint density at radius 3 is 2.29 bits per heavy atom. The summed E-state index contributed by atoms with van der Waals surface area (Å²) in [5.41, 5.74) is -0.251. The Kier molecular flexibility index (Phi) is 6.40. The normalized spacial score (nSPS) is 11.0. The Bertz CT molecular complexity index is 469. The fourth-order valence-corrected chi connectivity index (χ4v) is 2.09. The number of hydrogen-bond acceptors (Lipinski definition) is 2. The summed E-state index contributed by atoms with van der Waals surface area (Å²) in [6.07, 6.45) is 1.94. The molecule has 0 bridgehead atoms. The van der Waals surface area contributed by atoms with Crippen molar-refractivity contribution in [1.29, 1.82) is 0 Å². The summed E-state index contributed by atoms with van der Waals surface area (Å²) < 4.78 is 0. The van der Waals surface area contributed by atoms with E-state index >= 15 is 0 Å². The molecule has 0 aliphatic rings. The minimum atomic E-state index is -1.07. The topological polar surface area (TPSA) is 49.4 Å². The van der Waals surface area contributed by atoms with E-state index < -0.39 is 5.41 Å². The molecule has 0 unspecified atom stereocenters. The van der Waals surface area contributed by atoms with Crippen molar-refractivity contribution >= 4 is 17.5 Å². The molecule has 4 heteroatoms. The molecule has 0 saturated carbocycles. The summed E-state index contributed by atoms with van der Waals surface area (Å²) in [6, 6.07) is 9.45. The standard InChI is InChI=1S/C17H26N2O2/c1-5-7-13-18-15(20)17(3,4)16(21)19(6-2)14-11-9-8-10-12-14/h8-12H,5-7,13H2,1-4H3,(H,18,20). The second kappa shape index (κ2) is 7.81. The molecule has 1 N–H and O–H groups in total. The second-order valence-electron chi connectivity index (χ2n) is 5.62. The van der Waals surface area contributed by atoms with Crippen LogP contribution in [0.2, 0.25) is 0 Å². The number of hydrogen-bond donors (Lipinski definition) is 1. The maximum Gasteiger partial charge on any atom is 0.242 e. The van der Waals surface area contributed by atoms with Gasteiger partial charge >= 0.3 is 0 Å². The van der Waals surface area contributed by atoms with Crippen molar-refractivity contribution in [3.8, 4) is 0 Å². The quantitative estimate of drug-likeness (QED) is 0.620. The lowest BCUT2D eigenvalue weighted by Crippen LogP contribution is -2.50. The Labute approximate surface area is 127 Å². The van der Waals surface area contributed by atoms with E-state index in [9.17, 15) is 9.59 Å². The van der Waals surface area contributed by atoms with Crippen molar-refractivity contribution in [3.63, 3.8) is 0 Å². The monoisotopic (exact) mass is 290 g/mol. The second-order valence-corrected chi connectivity index (χ2v) is 5.62. The Morgan fingerprint density at radius 1 is 1.14 bits per heavy atom. The van der Waals surface area contributed by atoms with Crippen LogP contribution in [0, 0.1) is 5.41 Å². The number of nitrogens with one attached hydrogen (secondary N) is 1. The lowest BCUT2D eigenvalue weighted by Gasteiger charge is -2.30. The Balaban J connectivity index is 2.85. The van der Waals surface area contributed by atoms with E-state index in [0.717, 1.165) is 18.5 Å². The number of amides is 2. The number of nitrogens with zero attached hydrogens (tertiary/aromatic N) is 1. The predicted molar refractivity (Wildman–Crippen MR) is 86.2 cm³/mol. The van der Waals surface area contributed by atoms with Crippen molar-refractivity contribution in [2.75, 3.05) is 18.0 Å². The van der Waals surface area contributed by atoms with E-state index in [2.05, 4.69) is 12.2 Å². The van der Waals surface area contributed by atoms with Gasteiger partial charge in [0.15, 0.2) is 0 Å². The van der Waals surface area contributed by atoms with Gasteiger partial charge in [0.2, 0.25) is 11.8 Å². The number of para-hydroxylation sites is 1. The highest BCUT2D eigenvalue weighted by molar-refractivity contribution is 6.10. The molecule has 0 aromatic heterocycles. The molecular weight excluding hydrogens is 264 g/mol. The fraction of sp³-hybridized carbons (Fsp3) is 0.529. The molecular formula is C17H26N2O2. The number of anilines is 1. The smallest absolute Gasteiger partial charge is 0.242 e. The summed E-state index contributed by atoms with van der Waals surface area (Å²) >= 11 is 0. The first-order valence-corrected chi connectivity index (χ1v) is 7.60. The molecule has 0 spiro atoms. The van der Waals surface area contributed by atoms with Crippen molar-refractivity contribution < 1.29 is 9.59 Å². The molecule has 21 heavy (non-hydrogen) atoms. The van der Waals surface area contributed by atoms with Gasteiger partial charge in [-0.2, -0.15) is 0 Å². The first kappa shape index (κ1) is 17.2. The van der Waals surface area contributed by atoms with Gasteiger partial charge in [0.25, 0.3) is 0 Å². The zero-order valence-electron chi connectivity index (χ0n) is 13.5. The summed E-state index contributed by atoms with van der Waals surface area (Å²) in [6.45, 7) is 8.50. The molecule has 0 aliphatic carbocycles. The first-order valence-electron chi connectivity index (χ1n) is 7.60. The van der Waals surface area contributed by atoms with E-state index in [1.165, 1.54) is 0 Å². The Hall–Kier alpha value is -1.84. The maximum atomic E-state index is 12.7. The summed E-state index contributed by atoms with van der Waals surface area (Å²) in [5.74, 6) is -0.388. The fourth-order valence-electron chi connectivity index (χ4n) is 2.09. The molecule has 0 heterocycles. The van der Waals surface area contributed by atoms with Crippen LogP contribution in [-0.4, -0.2) is 24.9 Å². The van der Waals surface area contributed by atoms with E-state index in [1.807, 2.05) is 37.3 Å². The molecule has 1 aromatic carbocycles. The third-order valence-corrected chi connectivity index (χ3v) is 3.55. The number of benzene rings is 1. The molecule has 0 radical (unpaired) electrons. The highest BCUT2D eigenvalue weighted by atomic mass is 16.2. The van der Waals surface area contributed by atoms with E-state index in [-0.39, 0.29) is 11.8 Å². The van der Waals surface area contributed by atoms with Gasteiger partial charge in [0, 0.05) is 18.8 Å². The molecule has 0 saturated heterocycles. The van der Waals surface area contributed by atoms with Gasteiger partial charge in [-0.05, 0) is 39.3 Å². The van der Waals surface area contributed by atoms with Crippen molar-refractivity contribution in [3.05, 3.63) is 30.3 Å². The number of carbonyl (C=O) groups is 2. The van der Waals surface area contributed by atoms with E-state index in [0.29, 0.717) is 13.1 Å². The highest BCUT2D eigenvalue weighted by Gasteiger charge is 2.39. The lowest BCUT2D eigenvalue weighted by molar-refractivity contribution is -0.139. The molecule has 4 nitrogen and oxygen atoms in total. The van der Waals surface area contributed by atoms with Crippen molar-refractivity contribution in [2.24, 2.45) is 5.41 Å². The molecule has 0 fully saturated rings. The van der Waals surface area contributed by atoms with Crippen LogP contribution in [0.15, 0.2) is 30.3 Å². The predicted octanol–water partition coefficient (Wildman–Crippen LogP) is 2.98. The van der Waals surface area contributed by atoms with Crippen LogP contribution in [0.4, 0.5) is 5.69 Å². The van der Waals surface area contributed by atoms with Gasteiger partial charge in [-0.1, -0.05) is 31.5 Å². The number of carbonyl (C=O) groups excluding carboxylic acids is 2. The first-order chi connectivity index (χ1) is 9.95. The SMILES string of the molecule is CCCCNC(=O)C(C)(C)C(=O)N(CC)c1ccccc1. The summed E-state index contributed by atoms with van der Waals surface area (Å²) in [7, 11) is 0. The van der Waals surface area contributed by atoms with Gasteiger partial charge in [0.05, 0.1) is 0 Å². The number of unbranched alkanes of at least 4 members (excludes halogenated alkanes) is 1. The van der Waals surface area contributed by atoms with E-state index in [4.69, 9.17) is 0 Å². The van der Waals surface area contributed by atoms with E-state index in [1.54, 1.807) is 18.7 Å². The molecule has 116 valence electrons. The van der Waals surface area contributed by atoms with Crippen LogP contribution in [-0.2, 0) is 9.59 Å². The molecule has 1 aromatic rings. The van der Waals surface area contributed by atoms with Gasteiger partial charge in [-0.15, -0.1) is 0 Å². The maximum absolute atomic E-state index is 12.7. The summed E-state index contributed by atoms with van der Waals surface area (Å²) in [4.78, 5) is 26.7. The largest absolute Gasteiger partial charge is 0.355 e.